The molecule has 0 fully saturated rings. The van der Waals surface area contributed by atoms with Crippen LogP contribution in [-0.2, 0) is 10.2 Å². The first-order valence-corrected chi connectivity index (χ1v) is 7.58. The lowest BCUT2D eigenvalue weighted by Gasteiger charge is -2.14. The third-order valence-electron chi connectivity index (χ3n) is 3.21. The van der Waals surface area contributed by atoms with Gasteiger partial charge in [-0.05, 0) is 6.42 Å². The first-order chi connectivity index (χ1) is 9.75. The Hall–Kier alpha value is -1.89. The number of carbonyl (C=O) groups excluding carboxylic acids is 1. The van der Waals surface area contributed by atoms with E-state index in [0.29, 0.717) is 11.6 Å². The Labute approximate surface area is 127 Å². The van der Waals surface area contributed by atoms with Crippen molar-refractivity contribution < 1.29 is 14.7 Å². The lowest BCUT2D eigenvalue weighted by atomic mass is 9.93. The highest BCUT2D eigenvalue weighted by atomic mass is 32.1. The number of hydrogen-bond acceptors (Lipinski definition) is 4. The number of amides is 2. The minimum Gasteiger partial charge on any atom is -0.481 e. The van der Waals surface area contributed by atoms with Crippen molar-refractivity contribution in [2.45, 2.75) is 38.6 Å². The number of carbonyl (C=O) groups is 2. The summed E-state index contributed by atoms with van der Waals surface area (Å²) in [5.41, 5.74) is 0.866. The molecule has 6 nitrogen and oxygen atoms in total. The molecule has 2 atom stereocenters. The summed E-state index contributed by atoms with van der Waals surface area (Å²) in [4.78, 5) is 27.1. The summed E-state index contributed by atoms with van der Waals surface area (Å²) < 4.78 is 0. The molecule has 0 radical (unpaired) electrons. The maximum absolute atomic E-state index is 11.9. The monoisotopic (exact) mass is 309 g/mol. The van der Waals surface area contributed by atoms with Crippen molar-refractivity contribution in [1.29, 1.82) is 0 Å². The van der Waals surface area contributed by atoms with Crippen LogP contribution in [0.15, 0.2) is 17.5 Å². The zero-order valence-electron chi connectivity index (χ0n) is 12.2. The summed E-state index contributed by atoms with van der Waals surface area (Å²) in [5.74, 6) is -1.40. The van der Waals surface area contributed by atoms with Crippen molar-refractivity contribution in [2.75, 3.05) is 5.32 Å². The van der Waals surface area contributed by atoms with Gasteiger partial charge in [0, 0.05) is 10.8 Å². The van der Waals surface area contributed by atoms with Gasteiger partial charge in [0.1, 0.15) is 0 Å². The molecule has 0 aromatic carbocycles. The molecule has 21 heavy (non-hydrogen) atoms. The van der Waals surface area contributed by atoms with Crippen molar-refractivity contribution in [1.82, 2.24) is 10.3 Å². The van der Waals surface area contributed by atoms with E-state index < -0.39 is 11.9 Å². The number of nitrogens with zero attached hydrogens (tertiary/aromatic N) is 1. The molecule has 0 saturated carbocycles. The fraction of sp³-hybridized carbons (Fsp3) is 0.500. The predicted molar refractivity (Wildman–Crippen MR) is 81.6 cm³/mol. The van der Waals surface area contributed by atoms with E-state index in [2.05, 4.69) is 36.4 Å². The zero-order valence-corrected chi connectivity index (χ0v) is 13.0. The van der Waals surface area contributed by atoms with Crippen LogP contribution >= 0.6 is 11.3 Å². The van der Waals surface area contributed by atoms with Gasteiger partial charge in [0.05, 0.1) is 17.7 Å². The van der Waals surface area contributed by atoms with Gasteiger partial charge in [-0.2, -0.15) is 0 Å². The van der Waals surface area contributed by atoms with Gasteiger partial charge in [-0.1, -0.05) is 32.9 Å². The predicted octanol–water partition coefficient (Wildman–Crippen LogP) is 2.59. The molecule has 1 aromatic rings. The van der Waals surface area contributed by atoms with Crippen LogP contribution in [0.4, 0.5) is 9.93 Å². The van der Waals surface area contributed by atoms with Crippen LogP contribution in [0.5, 0.6) is 0 Å². The quantitative estimate of drug-likeness (QED) is 0.748. The summed E-state index contributed by atoms with van der Waals surface area (Å²) in [7, 11) is 0. The lowest BCUT2D eigenvalue weighted by Crippen LogP contribution is -2.36. The third-order valence-corrected chi connectivity index (χ3v) is 3.97. The zero-order chi connectivity index (χ0) is 15.6. The van der Waals surface area contributed by atoms with Crippen LogP contribution < -0.4 is 10.6 Å². The van der Waals surface area contributed by atoms with Crippen molar-refractivity contribution in [3.05, 3.63) is 23.2 Å². The minimum absolute atomic E-state index is 0.0597. The topological polar surface area (TPSA) is 91.3 Å². The summed E-state index contributed by atoms with van der Waals surface area (Å²) >= 11 is 1.37. The number of carboxylic acid groups (broad SMARTS) is 1. The van der Waals surface area contributed by atoms with Crippen LogP contribution in [0, 0.1) is 5.92 Å². The molecule has 2 rings (SSSR count). The standard InChI is InChI=1S/C14H19N3O3S/c1-14(2,3)10-7-21-13(16-10)17-12(20)15-9-5-4-8(6-9)11(18)19/h4-5,7-9H,6H2,1-3H3,(H,18,19)(H2,15,16,17,20). The highest BCUT2D eigenvalue weighted by Crippen LogP contribution is 2.26. The molecule has 114 valence electrons. The molecular formula is C14H19N3O3S. The van der Waals surface area contributed by atoms with E-state index >= 15 is 0 Å². The maximum atomic E-state index is 11.9. The van der Waals surface area contributed by atoms with Crippen LogP contribution in [0.25, 0.3) is 0 Å². The van der Waals surface area contributed by atoms with Gasteiger partial charge < -0.3 is 10.4 Å². The van der Waals surface area contributed by atoms with Crippen molar-refractivity contribution in [3.8, 4) is 0 Å². The number of rotatable bonds is 3. The number of aromatic nitrogens is 1. The van der Waals surface area contributed by atoms with E-state index in [1.54, 1.807) is 12.2 Å². The average Bonchev–Trinajstić information content (AvgIpc) is 2.97. The molecule has 1 aromatic heterocycles. The minimum atomic E-state index is -0.870. The number of thiazole rings is 1. The summed E-state index contributed by atoms with van der Waals surface area (Å²) in [6.45, 7) is 6.17. The van der Waals surface area contributed by atoms with Gasteiger partial charge in [0.15, 0.2) is 5.13 Å². The Bertz CT molecular complexity index is 574. The SMILES string of the molecule is CC(C)(C)c1csc(NC(=O)NC2C=CC(C(=O)O)C2)n1. The van der Waals surface area contributed by atoms with Gasteiger partial charge in [-0.25, -0.2) is 9.78 Å². The van der Waals surface area contributed by atoms with Crippen molar-refractivity contribution in [3.63, 3.8) is 0 Å². The van der Waals surface area contributed by atoms with Crippen LogP contribution in [0.3, 0.4) is 0 Å². The summed E-state index contributed by atoms with van der Waals surface area (Å²) in [6, 6.07) is -0.626. The molecular weight excluding hydrogens is 290 g/mol. The first-order valence-electron chi connectivity index (χ1n) is 6.70. The fourth-order valence-electron chi connectivity index (χ4n) is 1.97. The van der Waals surface area contributed by atoms with E-state index in [4.69, 9.17) is 5.11 Å². The van der Waals surface area contributed by atoms with E-state index in [-0.39, 0.29) is 17.5 Å². The van der Waals surface area contributed by atoms with Gasteiger partial charge in [0.2, 0.25) is 0 Å². The molecule has 2 unspecified atom stereocenters. The molecule has 0 aliphatic heterocycles. The Morgan fingerprint density at radius 2 is 2.10 bits per heavy atom. The second kappa shape index (κ2) is 5.85. The van der Waals surface area contributed by atoms with Gasteiger partial charge in [-0.3, -0.25) is 10.1 Å². The second-order valence-corrected chi connectivity index (χ2v) is 6.92. The highest BCUT2D eigenvalue weighted by Gasteiger charge is 2.25. The number of hydrogen-bond donors (Lipinski definition) is 3. The molecule has 1 heterocycles. The molecule has 1 aliphatic rings. The number of urea groups is 1. The third kappa shape index (κ3) is 4.04. The smallest absolute Gasteiger partial charge is 0.321 e. The van der Waals surface area contributed by atoms with E-state index in [0.717, 1.165) is 5.69 Å². The Morgan fingerprint density at radius 3 is 2.62 bits per heavy atom. The van der Waals surface area contributed by atoms with Crippen molar-refractivity contribution >= 4 is 28.5 Å². The normalized spacial score (nSPS) is 21.3. The number of anilines is 1. The summed E-state index contributed by atoms with van der Waals surface area (Å²) in [6.07, 6.45) is 3.70. The average molecular weight is 309 g/mol. The molecule has 2 amide bonds. The Balaban J connectivity index is 1.87. The molecule has 1 aliphatic carbocycles. The Kier molecular flexibility index (Phi) is 4.32. The number of aliphatic carboxylic acids is 1. The molecule has 0 saturated heterocycles. The fourth-order valence-corrected chi connectivity index (χ4v) is 2.90. The highest BCUT2D eigenvalue weighted by molar-refractivity contribution is 7.13. The molecule has 7 heteroatoms. The maximum Gasteiger partial charge on any atom is 0.321 e. The summed E-state index contributed by atoms with van der Waals surface area (Å²) in [5, 5.41) is 16.8. The van der Waals surface area contributed by atoms with Gasteiger partial charge in [-0.15, -0.1) is 11.3 Å². The number of nitrogens with one attached hydrogen (secondary N) is 2. The lowest BCUT2D eigenvalue weighted by molar-refractivity contribution is -0.140. The van der Waals surface area contributed by atoms with Crippen LogP contribution in [-0.4, -0.2) is 28.1 Å². The van der Waals surface area contributed by atoms with Gasteiger partial charge >= 0.3 is 12.0 Å². The van der Waals surface area contributed by atoms with Crippen molar-refractivity contribution in [2.24, 2.45) is 5.92 Å². The molecule has 0 spiro atoms. The second-order valence-electron chi connectivity index (χ2n) is 6.06. The van der Waals surface area contributed by atoms with E-state index in [1.165, 1.54) is 11.3 Å². The van der Waals surface area contributed by atoms with Crippen LogP contribution in [0.1, 0.15) is 32.9 Å². The van der Waals surface area contributed by atoms with E-state index in [1.807, 2.05) is 5.38 Å². The van der Waals surface area contributed by atoms with Gasteiger partial charge in [0.25, 0.3) is 0 Å². The van der Waals surface area contributed by atoms with Crippen LogP contribution in [0.2, 0.25) is 0 Å². The molecule has 0 bridgehead atoms. The largest absolute Gasteiger partial charge is 0.481 e. The first kappa shape index (κ1) is 15.5. The number of carboxylic acids is 1. The van der Waals surface area contributed by atoms with E-state index in [9.17, 15) is 9.59 Å². The molecule has 3 N–H and O–H groups in total. The Morgan fingerprint density at radius 1 is 1.38 bits per heavy atom.